The number of unbranched alkanes of at least 4 members (excludes halogenated alkanes) is 3. The molecular weight excluding hydrogens is 870 g/mol. The second-order valence-corrected chi connectivity index (χ2v) is 11.2. The number of ether oxygens (including phenoxy) is 3. The molecule has 0 unspecified atom stereocenters. The maximum Gasteiger partial charge on any atom is 0.341 e. The lowest BCUT2D eigenvalue weighted by Gasteiger charge is -2.10. The molecule has 0 fully saturated rings. The van der Waals surface area contributed by atoms with Crippen LogP contribution < -0.4 is 31.4 Å². The van der Waals surface area contributed by atoms with Crippen molar-refractivity contribution >= 4 is 23.7 Å². The van der Waals surface area contributed by atoms with E-state index in [1.807, 2.05) is 20.8 Å². The molecule has 0 spiro atoms. The molecule has 0 bridgehead atoms. The Morgan fingerprint density at radius 2 is 0.823 bits per heavy atom. The Morgan fingerprint density at radius 1 is 0.500 bits per heavy atom. The van der Waals surface area contributed by atoms with E-state index in [-0.39, 0.29) is 18.7 Å². The minimum Gasteiger partial charge on any atom is -0.503 e. The fraction of sp³-hybridized carbons (Fsp3) is 0.263. The summed E-state index contributed by atoms with van der Waals surface area (Å²) >= 11 is 0. The topological polar surface area (TPSA) is 214 Å². The van der Waals surface area contributed by atoms with Gasteiger partial charge in [0.05, 0.1) is 20.8 Å². The summed E-state index contributed by atoms with van der Waals surface area (Å²) in [5, 5.41) is 17.0. The highest BCUT2D eigenvalue weighted by Gasteiger charge is 2.26. The third kappa shape index (κ3) is 14.4. The van der Waals surface area contributed by atoms with Crippen molar-refractivity contribution in [1.29, 1.82) is 0 Å². The molecule has 12 nitrogen and oxygen atoms in total. The minimum atomic E-state index is -1.82. The number of carbonyl (C=O) groups is 4. The highest BCUT2D eigenvalue weighted by Crippen LogP contribution is 2.29. The van der Waals surface area contributed by atoms with E-state index in [0.29, 0.717) is 18.6 Å². The minimum absolute atomic E-state index is 0.0949. The van der Waals surface area contributed by atoms with E-state index < -0.39 is 139 Å². The van der Waals surface area contributed by atoms with E-state index in [4.69, 9.17) is 26.4 Å². The Kier molecular flexibility index (Phi) is 22.8. The van der Waals surface area contributed by atoms with Crippen LogP contribution in [0.15, 0.2) is 24.3 Å². The standard InChI is InChI=1S/C13H16F3NO2.C8H6F3NO2.C8H5F3O3.C7H4F3NO2.C2H6/c1-2-3-4-5-6-19-12-9(15)7-8(14)10(11(12)16)13(17)18;2*1-14-7-4(10)2-3(9)5(6(7)11)8(12)13;8-2-1-3(9)6(12)5(10)4(2)7(11)13;1-2/h7H,2-6H2,1H3,(H2,17,18);2H,1H3,(H2,12,13);2H,1H3,(H,12,13);1,12H,(H2,11,13);1-2H3. The summed E-state index contributed by atoms with van der Waals surface area (Å²) in [5.74, 6) is -26.6. The number of hydrogen-bond acceptors (Lipinski definition) is 8. The third-order valence-electron chi connectivity index (χ3n) is 7.14. The van der Waals surface area contributed by atoms with Crippen molar-refractivity contribution in [1.82, 2.24) is 0 Å². The van der Waals surface area contributed by atoms with Crippen LogP contribution in [0.5, 0.6) is 23.0 Å². The number of halogens is 12. The van der Waals surface area contributed by atoms with Gasteiger partial charge in [0.2, 0.25) is 0 Å². The van der Waals surface area contributed by atoms with Crippen molar-refractivity contribution in [2.75, 3.05) is 20.8 Å². The van der Waals surface area contributed by atoms with E-state index in [0.717, 1.165) is 33.5 Å². The molecule has 0 radical (unpaired) electrons. The van der Waals surface area contributed by atoms with Gasteiger partial charge < -0.3 is 41.6 Å². The van der Waals surface area contributed by atoms with Crippen molar-refractivity contribution in [2.45, 2.75) is 46.5 Å². The number of carbonyl (C=O) groups excluding carboxylic acids is 3. The Morgan fingerprint density at radius 3 is 1.18 bits per heavy atom. The Balaban J connectivity index is 0.000000797. The number of amides is 3. The zero-order chi connectivity index (χ0) is 48.3. The second-order valence-electron chi connectivity index (χ2n) is 11.2. The number of phenolic OH excluding ortho intramolecular Hbond substituents is 1. The van der Waals surface area contributed by atoms with Gasteiger partial charge in [-0.05, 0) is 6.42 Å². The van der Waals surface area contributed by atoms with Crippen LogP contribution in [0.2, 0.25) is 0 Å². The van der Waals surface area contributed by atoms with E-state index in [2.05, 4.69) is 15.2 Å². The normalized spacial score (nSPS) is 9.95. The third-order valence-corrected chi connectivity index (χ3v) is 7.14. The fourth-order valence-corrected chi connectivity index (χ4v) is 4.38. The van der Waals surface area contributed by atoms with Crippen molar-refractivity contribution in [3.05, 3.63) is 116 Å². The number of aromatic hydroxyl groups is 1. The van der Waals surface area contributed by atoms with E-state index in [9.17, 15) is 71.9 Å². The average Bonchev–Trinajstić information content (AvgIpc) is 3.15. The number of carboxylic acid groups (broad SMARTS) is 1. The predicted molar refractivity (Wildman–Crippen MR) is 194 cm³/mol. The maximum atomic E-state index is 13.7. The molecule has 0 aliphatic carbocycles. The molecule has 0 aliphatic heterocycles. The molecule has 4 aromatic carbocycles. The van der Waals surface area contributed by atoms with E-state index in [1.165, 1.54) is 0 Å². The average molecular weight is 908 g/mol. The molecule has 0 atom stereocenters. The van der Waals surface area contributed by atoms with Crippen LogP contribution in [0.25, 0.3) is 0 Å². The van der Waals surface area contributed by atoms with Gasteiger partial charge in [-0.3, -0.25) is 14.4 Å². The maximum absolute atomic E-state index is 13.7. The van der Waals surface area contributed by atoms with Gasteiger partial charge in [0.1, 0.15) is 45.5 Å². The van der Waals surface area contributed by atoms with Crippen molar-refractivity contribution in [2.24, 2.45) is 17.2 Å². The lowest BCUT2D eigenvalue weighted by atomic mass is 10.1. The lowest BCUT2D eigenvalue weighted by molar-refractivity contribution is 0.0684. The summed E-state index contributed by atoms with van der Waals surface area (Å²) < 4.78 is 169. The Hall–Kier alpha value is -6.88. The summed E-state index contributed by atoms with van der Waals surface area (Å²) in [6.45, 7) is 6.12. The summed E-state index contributed by atoms with van der Waals surface area (Å²) in [4.78, 5) is 42.3. The van der Waals surface area contributed by atoms with Crippen molar-refractivity contribution < 1.29 is 96.3 Å². The second kappa shape index (κ2) is 25.7. The summed E-state index contributed by atoms with van der Waals surface area (Å²) in [6, 6.07) is 1.16. The van der Waals surface area contributed by atoms with Gasteiger partial charge in [-0.25, -0.2) is 57.5 Å². The molecule has 0 heterocycles. The fourth-order valence-electron chi connectivity index (χ4n) is 4.38. The smallest absolute Gasteiger partial charge is 0.341 e. The summed E-state index contributed by atoms with van der Waals surface area (Å²) in [6.07, 6.45) is 3.50. The first-order valence-electron chi connectivity index (χ1n) is 17.1. The van der Waals surface area contributed by atoms with Crippen LogP contribution in [0.4, 0.5) is 52.7 Å². The first-order valence-corrected chi connectivity index (χ1v) is 17.1. The summed E-state index contributed by atoms with van der Waals surface area (Å²) in [5.41, 5.74) is 9.73. The zero-order valence-electron chi connectivity index (χ0n) is 32.9. The van der Waals surface area contributed by atoms with Crippen LogP contribution in [-0.4, -0.2) is 54.7 Å². The molecule has 4 rings (SSSR count). The highest BCUT2D eigenvalue weighted by atomic mass is 19.2. The first kappa shape index (κ1) is 55.1. The monoisotopic (exact) mass is 907 g/mol. The number of benzene rings is 4. The molecule has 4 aromatic rings. The van der Waals surface area contributed by atoms with E-state index in [1.54, 1.807) is 0 Å². The van der Waals surface area contributed by atoms with Gasteiger partial charge in [-0.2, -0.15) is 0 Å². The molecule has 0 aromatic heterocycles. The largest absolute Gasteiger partial charge is 0.503 e. The molecule has 0 aliphatic rings. The van der Waals surface area contributed by atoms with Crippen molar-refractivity contribution in [3.63, 3.8) is 0 Å². The van der Waals surface area contributed by atoms with Crippen LogP contribution in [0.3, 0.4) is 0 Å². The Labute approximate surface area is 343 Å². The number of carboxylic acids is 1. The molecule has 24 heteroatoms. The SMILES string of the molecule is CC.CCCCCCOc1c(F)cc(F)c(C(N)=O)c1F.COc1c(F)cc(F)c(C(=O)O)c1F.COc1c(F)cc(F)c(C(N)=O)c1F.NC(=O)c1c(F)cc(F)c(O)c1F. The number of phenols is 1. The number of methoxy groups -OCH3 is 2. The number of primary amides is 3. The molecule has 62 heavy (non-hydrogen) atoms. The van der Waals surface area contributed by atoms with Gasteiger partial charge in [0, 0.05) is 24.3 Å². The van der Waals surface area contributed by atoms with Gasteiger partial charge >= 0.3 is 5.97 Å². The van der Waals surface area contributed by atoms with Crippen LogP contribution in [-0.2, 0) is 0 Å². The summed E-state index contributed by atoms with van der Waals surface area (Å²) in [7, 11) is 1.94. The van der Waals surface area contributed by atoms with Crippen LogP contribution in [0, 0.1) is 69.8 Å². The molecule has 3 amide bonds. The quantitative estimate of drug-likeness (QED) is 0.0685. The van der Waals surface area contributed by atoms with E-state index >= 15 is 0 Å². The lowest BCUT2D eigenvalue weighted by Crippen LogP contribution is -2.17. The number of nitrogens with two attached hydrogens (primary N) is 3. The molecule has 342 valence electrons. The number of aromatic carboxylic acids is 1. The van der Waals surface area contributed by atoms with Gasteiger partial charge in [0.25, 0.3) is 17.7 Å². The predicted octanol–water partition coefficient (Wildman–Crippen LogP) is 8.12. The molecule has 8 N–H and O–H groups in total. The molecule has 0 saturated carbocycles. The van der Waals surface area contributed by atoms with Gasteiger partial charge in [-0.1, -0.05) is 40.0 Å². The zero-order valence-corrected chi connectivity index (χ0v) is 32.9. The highest BCUT2D eigenvalue weighted by molar-refractivity contribution is 5.95. The molecule has 0 saturated heterocycles. The van der Waals surface area contributed by atoms with Gasteiger partial charge in [-0.15, -0.1) is 0 Å². The number of hydrogen-bond donors (Lipinski definition) is 5. The first-order chi connectivity index (χ1) is 28.9. The van der Waals surface area contributed by atoms with Crippen molar-refractivity contribution in [3.8, 4) is 23.0 Å². The Bertz CT molecular complexity index is 2170. The molecular formula is C38H37F12N3O9. The number of rotatable bonds is 12. The van der Waals surface area contributed by atoms with Gasteiger partial charge in [0.15, 0.2) is 69.5 Å². The van der Waals surface area contributed by atoms with Crippen LogP contribution in [0.1, 0.15) is 87.9 Å². The van der Waals surface area contributed by atoms with Crippen LogP contribution >= 0.6 is 0 Å².